The zero-order chi connectivity index (χ0) is 24.1. The number of hydrogen-bond donors (Lipinski definition) is 1. The number of amides is 2. The summed E-state index contributed by atoms with van der Waals surface area (Å²) in [4.78, 5) is 31.4. The smallest absolute Gasteiger partial charge is 0.270 e. The van der Waals surface area contributed by atoms with Gasteiger partial charge in [0.25, 0.3) is 11.8 Å². The molecule has 0 unspecified atom stereocenters. The second-order valence-electron chi connectivity index (χ2n) is 8.09. The van der Waals surface area contributed by atoms with Crippen molar-refractivity contribution in [2.75, 3.05) is 26.7 Å². The number of nitrogens with zero attached hydrogens (tertiary/aromatic N) is 2. The van der Waals surface area contributed by atoms with E-state index in [-0.39, 0.29) is 22.4 Å². The molecule has 1 fully saturated rings. The van der Waals surface area contributed by atoms with E-state index in [0.717, 1.165) is 16.3 Å². The van der Waals surface area contributed by atoms with Crippen molar-refractivity contribution >= 4 is 34.8 Å². The molecule has 3 aromatic rings. The number of halogens is 2. The van der Waals surface area contributed by atoms with Crippen LogP contribution in [0.15, 0.2) is 47.8 Å². The van der Waals surface area contributed by atoms with Gasteiger partial charge in [0.05, 0.1) is 22.7 Å². The molecule has 2 amide bonds. The second-order valence-corrected chi connectivity index (χ2v) is 9.39. The maximum atomic E-state index is 14.1. The molecule has 0 spiro atoms. The van der Waals surface area contributed by atoms with Gasteiger partial charge in [0.2, 0.25) is 0 Å². The van der Waals surface area contributed by atoms with Crippen molar-refractivity contribution in [1.29, 1.82) is 0 Å². The monoisotopic (exact) mass is 501 g/mol. The minimum Gasteiger partial charge on any atom is -0.497 e. The van der Waals surface area contributed by atoms with Gasteiger partial charge in [-0.1, -0.05) is 29.8 Å². The van der Waals surface area contributed by atoms with Crippen LogP contribution in [0.25, 0.3) is 0 Å². The molecule has 0 saturated carbocycles. The third-order valence-corrected chi connectivity index (χ3v) is 7.22. The quantitative estimate of drug-likeness (QED) is 0.498. The maximum absolute atomic E-state index is 14.1. The van der Waals surface area contributed by atoms with Crippen LogP contribution >= 0.6 is 22.9 Å². The molecule has 178 valence electrons. The fourth-order valence-electron chi connectivity index (χ4n) is 4.01. The first-order valence-electron chi connectivity index (χ1n) is 11.1. The number of benzene rings is 2. The predicted molar refractivity (Wildman–Crippen MR) is 130 cm³/mol. The molecule has 9 heteroatoms. The third-order valence-electron chi connectivity index (χ3n) is 5.90. The van der Waals surface area contributed by atoms with Crippen molar-refractivity contribution in [2.24, 2.45) is 0 Å². The Labute approximate surface area is 206 Å². The second kappa shape index (κ2) is 11.0. The Morgan fingerprint density at radius 3 is 2.74 bits per heavy atom. The number of nitrogens with one attached hydrogen (secondary N) is 1. The molecule has 2 aromatic carbocycles. The lowest BCUT2D eigenvalue weighted by atomic mass is 9.97. The fraction of sp³-hybridized carbons (Fsp3) is 0.320. The molecule has 1 aliphatic heterocycles. The Balaban J connectivity index is 1.29. The van der Waals surface area contributed by atoms with Crippen LogP contribution in [0.5, 0.6) is 5.75 Å². The topological polar surface area (TPSA) is 71.5 Å². The molecule has 1 aliphatic rings. The van der Waals surface area contributed by atoms with Crippen LogP contribution in [0.2, 0.25) is 5.02 Å². The van der Waals surface area contributed by atoms with Crippen LogP contribution in [0.3, 0.4) is 0 Å². The maximum Gasteiger partial charge on any atom is 0.270 e. The highest BCUT2D eigenvalue weighted by Crippen LogP contribution is 2.32. The van der Waals surface area contributed by atoms with E-state index in [1.807, 2.05) is 24.3 Å². The van der Waals surface area contributed by atoms with Gasteiger partial charge >= 0.3 is 0 Å². The first kappa shape index (κ1) is 24.2. The third kappa shape index (κ3) is 5.56. The highest BCUT2D eigenvalue weighted by atomic mass is 35.5. The Bertz CT molecular complexity index is 1160. The lowest BCUT2D eigenvalue weighted by molar-refractivity contribution is 0.0708. The first-order valence-corrected chi connectivity index (χ1v) is 12.3. The van der Waals surface area contributed by atoms with Crippen LogP contribution in [0, 0.1) is 5.82 Å². The molecular weight excluding hydrogens is 477 g/mol. The molecule has 34 heavy (non-hydrogen) atoms. The Kier molecular flexibility index (Phi) is 7.80. The van der Waals surface area contributed by atoms with Crippen molar-refractivity contribution in [3.05, 3.63) is 80.5 Å². The number of methoxy groups -OCH3 is 1. The molecule has 0 atom stereocenters. The number of aromatic nitrogens is 1. The largest absolute Gasteiger partial charge is 0.497 e. The standard InChI is InChI=1S/C25H25ClFN3O3S/c1-33-18-5-2-4-16(14-18)8-11-28-23(31)21-15-34-24(29-21)17-9-12-30(13-10-17)25(32)22-19(26)6-3-7-20(22)27/h2-7,14-15,17H,8-13H2,1H3,(H,28,31). The van der Waals surface area contributed by atoms with Gasteiger partial charge in [0, 0.05) is 30.9 Å². The summed E-state index contributed by atoms with van der Waals surface area (Å²) in [6.45, 7) is 1.46. The number of carbonyl (C=O) groups excluding carboxylic acids is 2. The van der Waals surface area contributed by atoms with E-state index in [1.54, 1.807) is 17.4 Å². The number of rotatable bonds is 7. The molecule has 0 radical (unpaired) electrons. The summed E-state index contributed by atoms with van der Waals surface area (Å²) in [6.07, 6.45) is 2.09. The summed E-state index contributed by atoms with van der Waals surface area (Å²) in [5.74, 6) is -0.258. The van der Waals surface area contributed by atoms with Crippen LogP contribution in [-0.2, 0) is 6.42 Å². The summed E-state index contributed by atoms with van der Waals surface area (Å²) in [5, 5.41) is 5.69. The predicted octanol–water partition coefficient (Wildman–Crippen LogP) is 4.94. The molecule has 4 rings (SSSR count). The number of ether oxygens (including phenoxy) is 1. The zero-order valence-corrected chi connectivity index (χ0v) is 20.3. The van der Waals surface area contributed by atoms with E-state index in [1.165, 1.54) is 29.5 Å². The van der Waals surface area contributed by atoms with Gasteiger partial charge in [-0.25, -0.2) is 9.37 Å². The van der Waals surface area contributed by atoms with Crippen molar-refractivity contribution < 1.29 is 18.7 Å². The summed E-state index contributed by atoms with van der Waals surface area (Å²) in [6, 6.07) is 12.0. The summed E-state index contributed by atoms with van der Waals surface area (Å²) in [5.41, 5.74) is 1.41. The molecule has 0 aliphatic carbocycles. The van der Waals surface area contributed by atoms with Gasteiger partial charge < -0.3 is 15.0 Å². The van der Waals surface area contributed by atoms with Crippen LogP contribution in [0.4, 0.5) is 4.39 Å². The van der Waals surface area contributed by atoms with Crippen molar-refractivity contribution in [1.82, 2.24) is 15.2 Å². The van der Waals surface area contributed by atoms with E-state index in [4.69, 9.17) is 16.3 Å². The van der Waals surface area contributed by atoms with Crippen molar-refractivity contribution in [3.63, 3.8) is 0 Å². The number of carbonyl (C=O) groups is 2. The van der Waals surface area contributed by atoms with Gasteiger partial charge in [-0.3, -0.25) is 9.59 Å². The van der Waals surface area contributed by atoms with Gasteiger partial charge in [-0.15, -0.1) is 11.3 Å². The van der Waals surface area contributed by atoms with E-state index in [9.17, 15) is 14.0 Å². The highest BCUT2D eigenvalue weighted by molar-refractivity contribution is 7.09. The number of piperidine rings is 1. The van der Waals surface area contributed by atoms with Crippen molar-refractivity contribution in [3.8, 4) is 5.75 Å². The SMILES string of the molecule is COc1cccc(CCNC(=O)c2csc(C3CCN(C(=O)c4c(F)cccc4Cl)CC3)n2)c1. The van der Waals surface area contributed by atoms with Gasteiger partial charge in [-0.05, 0) is 49.1 Å². The van der Waals surface area contributed by atoms with Gasteiger partial charge in [-0.2, -0.15) is 0 Å². The Hall–Kier alpha value is -2.97. The summed E-state index contributed by atoms with van der Waals surface area (Å²) < 4.78 is 19.3. The number of likely N-dealkylation sites (tertiary alicyclic amines) is 1. The van der Waals surface area contributed by atoms with Crippen LogP contribution in [-0.4, -0.2) is 48.4 Å². The summed E-state index contributed by atoms with van der Waals surface area (Å²) in [7, 11) is 1.63. The lowest BCUT2D eigenvalue weighted by Gasteiger charge is -2.31. The average molecular weight is 502 g/mol. The minimum atomic E-state index is -0.610. The first-order chi connectivity index (χ1) is 16.5. The van der Waals surface area contributed by atoms with E-state index >= 15 is 0 Å². The molecule has 1 aromatic heterocycles. The van der Waals surface area contributed by atoms with Crippen LogP contribution in [0.1, 0.15) is 50.2 Å². The molecular formula is C25H25ClFN3O3S. The minimum absolute atomic E-state index is 0.0789. The van der Waals surface area contributed by atoms with E-state index < -0.39 is 11.7 Å². The lowest BCUT2D eigenvalue weighted by Crippen LogP contribution is -2.38. The highest BCUT2D eigenvalue weighted by Gasteiger charge is 2.29. The summed E-state index contributed by atoms with van der Waals surface area (Å²) >= 11 is 7.50. The Morgan fingerprint density at radius 2 is 2.00 bits per heavy atom. The van der Waals surface area contributed by atoms with Gasteiger partial charge in [0.15, 0.2) is 0 Å². The molecule has 1 N–H and O–H groups in total. The molecule has 1 saturated heterocycles. The van der Waals surface area contributed by atoms with E-state index in [2.05, 4.69) is 10.3 Å². The normalized spacial score (nSPS) is 14.1. The Morgan fingerprint density at radius 1 is 1.24 bits per heavy atom. The fourth-order valence-corrected chi connectivity index (χ4v) is 5.22. The van der Waals surface area contributed by atoms with Crippen molar-refractivity contribution in [2.45, 2.75) is 25.2 Å². The molecule has 0 bridgehead atoms. The zero-order valence-electron chi connectivity index (χ0n) is 18.7. The average Bonchev–Trinajstić information content (AvgIpc) is 3.34. The number of thiazole rings is 1. The van der Waals surface area contributed by atoms with Gasteiger partial charge in [0.1, 0.15) is 17.3 Å². The van der Waals surface area contributed by atoms with Crippen LogP contribution < -0.4 is 10.1 Å². The van der Waals surface area contributed by atoms with E-state index in [0.29, 0.717) is 44.6 Å². The molecule has 2 heterocycles. The number of hydrogen-bond acceptors (Lipinski definition) is 5. The molecule has 6 nitrogen and oxygen atoms in total.